The van der Waals surface area contributed by atoms with Crippen molar-refractivity contribution in [3.63, 3.8) is 0 Å². The Morgan fingerprint density at radius 2 is 2.27 bits per heavy atom. The number of carboxylic acid groups (broad SMARTS) is 1. The van der Waals surface area contributed by atoms with Gasteiger partial charge in [0.2, 0.25) is 0 Å². The summed E-state index contributed by atoms with van der Waals surface area (Å²) in [5.41, 5.74) is 0.657. The van der Waals surface area contributed by atoms with Gasteiger partial charge in [-0.25, -0.2) is 0 Å². The predicted octanol–water partition coefficient (Wildman–Crippen LogP) is 0.206. The van der Waals surface area contributed by atoms with E-state index in [1.165, 1.54) is 0 Å². The molecule has 1 aromatic rings. The van der Waals surface area contributed by atoms with E-state index in [0.717, 1.165) is 11.3 Å². The van der Waals surface area contributed by atoms with Crippen LogP contribution in [-0.4, -0.2) is 32.1 Å². The van der Waals surface area contributed by atoms with Gasteiger partial charge in [0.1, 0.15) is 5.41 Å². The third-order valence-corrected chi connectivity index (χ3v) is 3.33. The molecule has 82 valence electrons. The Morgan fingerprint density at radius 1 is 1.67 bits per heavy atom. The molecule has 0 aliphatic heterocycles. The summed E-state index contributed by atoms with van der Waals surface area (Å²) in [7, 11) is 1.78. The van der Waals surface area contributed by atoms with E-state index in [4.69, 9.17) is 0 Å². The average Bonchev–Trinajstić information content (AvgIpc) is 2.42. The Balaban J connectivity index is 2.43. The second kappa shape index (κ2) is 3.06. The Bertz CT molecular complexity index is 405. The lowest BCUT2D eigenvalue weighted by Gasteiger charge is -2.41. The Morgan fingerprint density at radius 3 is 2.60 bits per heavy atom. The van der Waals surface area contributed by atoms with Crippen molar-refractivity contribution in [2.24, 2.45) is 7.05 Å². The van der Waals surface area contributed by atoms with Gasteiger partial charge in [0.25, 0.3) is 0 Å². The highest BCUT2D eigenvalue weighted by atomic mass is 16.4. The van der Waals surface area contributed by atoms with E-state index in [-0.39, 0.29) is 12.8 Å². The number of rotatable bonds is 2. The summed E-state index contributed by atoms with van der Waals surface area (Å²) in [5.74, 6) is -0.871. The smallest absolute Gasteiger partial charge is 0.314 e. The number of aryl methyl sites for hydroxylation is 1. The van der Waals surface area contributed by atoms with E-state index >= 15 is 0 Å². The van der Waals surface area contributed by atoms with Gasteiger partial charge >= 0.3 is 5.97 Å². The fourth-order valence-electron chi connectivity index (χ4n) is 2.22. The highest BCUT2D eigenvalue weighted by molar-refractivity contribution is 5.83. The van der Waals surface area contributed by atoms with Gasteiger partial charge in [-0.1, -0.05) is 0 Å². The summed E-state index contributed by atoms with van der Waals surface area (Å²) in [6.07, 6.45) is 1.67. The Kier molecular flexibility index (Phi) is 2.08. The molecule has 1 heterocycles. The van der Waals surface area contributed by atoms with Crippen LogP contribution >= 0.6 is 0 Å². The largest absolute Gasteiger partial charge is 0.481 e. The zero-order chi connectivity index (χ0) is 11.2. The molecule has 5 heteroatoms. The minimum Gasteiger partial charge on any atom is -0.481 e. The van der Waals surface area contributed by atoms with Gasteiger partial charge in [0.05, 0.1) is 12.3 Å². The highest BCUT2D eigenvalue weighted by Gasteiger charge is 2.52. The monoisotopic (exact) mass is 210 g/mol. The molecular formula is C10H14N2O3. The topological polar surface area (TPSA) is 75.3 Å². The Hall–Kier alpha value is -1.36. The second-order valence-electron chi connectivity index (χ2n) is 4.22. The Labute approximate surface area is 87.3 Å². The molecule has 0 saturated heterocycles. The number of hydrogen-bond acceptors (Lipinski definition) is 3. The van der Waals surface area contributed by atoms with Crippen molar-refractivity contribution < 1.29 is 15.0 Å². The summed E-state index contributed by atoms with van der Waals surface area (Å²) in [6.45, 7) is 1.84. The van der Waals surface area contributed by atoms with Crippen molar-refractivity contribution in [1.29, 1.82) is 0 Å². The van der Waals surface area contributed by atoms with E-state index < -0.39 is 17.5 Å². The van der Waals surface area contributed by atoms with Crippen molar-refractivity contribution in [1.82, 2.24) is 9.78 Å². The number of aliphatic hydroxyl groups is 1. The van der Waals surface area contributed by atoms with Crippen molar-refractivity contribution in [3.05, 3.63) is 17.5 Å². The SMILES string of the molecule is Cc1c(C2(C(=O)O)CC(O)C2)cnn1C. The zero-order valence-electron chi connectivity index (χ0n) is 8.77. The summed E-state index contributed by atoms with van der Waals surface area (Å²) in [4.78, 5) is 11.3. The van der Waals surface area contributed by atoms with Gasteiger partial charge in [-0.15, -0.1) is 0 Å². The first kappa shape index (κ1) is 10.2. The van der Waals surface area contributed by atoms with Crippen LogP contribution in [0.3, 0.4) is 0 Å². The van der Waals surface area contributed by atoms with Crippen LogP contribution in [0.1, 0.15) is 24.1 Å². The van der Waals surface area contributed by atoms with Gasteiger partial charge in [-0.05, 0) is 19.8 Å². The molecule has 0 amide bonds. The lowest BCUT2D eigenvalue weighted by atomic mass is 9.63. The maximum Gasteiger partial charge on any atom is 0.314 e. The van der Waals surface area contributed by atoms with Gasteiger partial charge in [0, 0.05) is 18.3 Å². The van der Waals surface area contributed by atoms with Crippen LogP contribution in [-0.2, 0) is 17.3 Å². The molecule has 1 fully saturated rings. The molecule has 1 saturated carbocycles. The fourth-order valence-corrected chi connectivity index (χ4v) is 2.22. The van der Waals surface area contributed by atoms with Gasteiger partial charge < -0.3 is 10.2 Å². The molecular weight excluding hydrogens is 196 g/mol. The maximum atomic E-state index is 11.3. The molecule has 0 bridgehead atoms. The lowest BCUT2D eigenvalue weighted by Crippen LogP contribution is -2.50. The summed E-state index contributed by atoms with van der Waals surface area (Å²) in [5, 5.41) is 22.6. The quantitative estimate of drug-likeness (QED) is 0.731. The third-order valence-electron chi connectivity index (χ3n) is 3.33. The molecule has 1 aliphatic rings. The maximum absolute atomic E-state index is 11.3. The van der Waals surface area contributed by atoms with Crippen LogP contribution in [0.15, 0.2) is 6.20 Å². The predicted molar refractivity (Wildman–Crippen MR) is 52.5 cm³/mol. The fraction of sp³-hybridized carbons (Fsp3) is 0.600. The number of carboxylic acids is 1. The number of carbonyl (C=O) groups is 1. The number of aliphatic hydroxyl groups excluding tert-OH is 1. The van der Waals surface area contributed by atoms with Gasteiger partial charge in [-0.2, -0.15) is 5.10 Å². The highest BCUT2D eigenvalue weighted by Crippen LogP contribution is 2.45. The normalized spacial score (nSPS) is 29.9. The van der Waals surface area contributed by atoms with Crippen molar-refractivity contribution in [2.75, 3.05) is 0 Å². The zero-order valence-corrected chi connectivity index (χ0v) is 8.77. The molecule has 0 atom stereocenters. The first-order valence-electron chi connectivity index (χ1n) is 4.88. The second-order valence-corrected chi connectivity index (χ2v) is 4.22. The van der Waals surface area contributed by atoms with Crippen LogP contribution in [0.4, 0.5) is 0 Å². The van der Waals surface area contributed by atoms with Crippen LogP contribution in [0, 0.1) is 6.92 Å². The van der Waals surface area contributed by atoms with E-state index in [2.05, 4.69) is 5.10 Å². The molecule has 0 spiro atoms. The summed E-state index contributed by atoms with van der Waals surface area (Å²) < 4.78 is 1.66. The summed E-state index contributed by atoms with van der Waals surface area (Å²) in [6, 6.07) is 0. The van der Waals surface area contributed by atoms with Gasteiger partial charge in [0.15, 0.2) is 0 Å². The van der Waals surface area contributed by atoms with Crippen LogP contribution in [0.5, 0.6) is 0 Å². The average molecular weight is 210 g/mol. The third kappa shape index (κ3) is 1.26. The van der Waals surface area contributed by atoms with Gasteiger partial charge in [-0.3, -0.25) is 9.48 Å². The van der Waals surface area contributed by atoms with Crippen LogP contribution in [0.2, 0.25) is 0 Å². The van der Waals surface area contributed by atoms with Crippen LogP contribution in [0.25, 0.3) is 0 Å². The minimum absolute atomic E-state index is 0.287. The van der Waals surface area contributed by atoms with E-state index in [1.54, 1.807) is 17.9 Å². The first-order chi connectivity index (χ1) is 6.97. The van der Waals surface area contributed by atoms with Crippen molar-refractivity contribution in [2.45, 2.75) is 31.3 Å². The summed E-state index contributed by atoms with van der Waals surface area (Å²) >= 11 is 0. The molecule has 0 unspecified atom stereocenters. The molecule has 1 aromatic heterocycles. The van der Waals surface area contributed by atoms with E-state index in [1.807, 2.05) is 6.92 Å². The molecule has 5 nitrogen and oxygen atoms in total. The first-order valence-corrected chi connectivity index (χ1v) is 4.88. The molecule has 2 N–H and O–H groups in total. The number of aliphatic carboxylic acids is 1. The lowest BCUT2D eigenvalue weighted by molar-refractivity contribution is -0.153. The molecule has 0 radical (unpaired) electrons. The standard InChI is InChI=1S/C10H14N2O3/c1-6-8(5-11-12(6)2)10(9(14)15)3-7(13)4-10/h5,7,13H,3-4H2,1-2H3,(H,14,15). The molecule has 0 aromatic carbocycles. The van der Waals surface area contributed by atoms with Crippen LogP contribution < -0.4 is 0 Å². The van der Waals surface area contributed by atoms with E-state index in [0.29, 0.717) is 0 Å². The van der Waals surface area contributed by atoms with E-state index in [9.17, 15) is 15.0 Å². The number of nitrogens with zero attached hydrogens (tertiary/aromatic N) is 2. The van der Waals surface area contributed by atoms with Crippen molar-refractivity contribution >= 4 is 5.97 Å². The molecule has 15 heavy (non-hydrogen) atoms. The van der Waals surface area contributed by atoms with Crippen molar-refractivity contribution in [3.8, 4) is 0 Å². The molecule has 2 rings (SSSR count). The molecule has 1 aliphatic carbocycles. The number of aromatic nitrogens is 2. The minimum atomic E-state index is -0.919. The number of hydrogen-bond donors (Lipinski definition) is 2.